The number of aryl methyl sites for hydroxylation is 1. The Kier molecular flexibility index (Phi) is 2.95. The predicted octanol–water partition coefficient (Wildman–Crippen LogP) is 3.24. The van der Waals surface area contributed by atoms with Crippen molar-refractivity contribution >= 4 is 5.65 Å². The van der Waals surface area contributed by atoms with Crippen LogP contribution >= 0.6 is 0 Å². The van der Waals surface area contributed by atoms with E-state index in [0.717, 1.165) is 23.5 Å². The third kappa shape index (κ3) is 2.45. The molecule has 0 aliphatic heterocycles. The van der Waals surface area contributed by atoms with Gasteiger partial charge in [-0.15, -0.1) is 0 Å². The first kappa shape index (κ1) is 11.8. The molecule has 3 nitrogen and oxygen atoms in total. The third-order valence-electron chi connectivity index (χ3n) is 3.18. The first-order valence-electron chi connectivity index (χ1n) is 6.32. The Labute approximate surface area is 112 Å². The molecule has 0 atom stereocenters. The van der Waals surface area contributed by atoms with Crippen LogP contribution < -0.4 is 4.74 Å². The van der Waals surface area contributed by atoms with Crippen LogP contribution in [-0.4, -0.2) is 16.5 Å². The standard InChI is InChI=1S/C16H16N2O/c1-12-4-3-5-13(8-12)9-14-11-18-7-6-15(19-2)10-16(18)17-14/h3-8,10-11H,9H2,1-2H3. The fourth-order valence-electron chi connectivity index (χ4n) is 2.26. The monoisotopic (exact) mass is 252 g/mol. The topological polar surface area (TPSA) is 26.5 Å². The van der Waals surface area contributed by atoms with Gasteiger partial charge in [0, 0.05) is 24.9 Å². The number of rotatable bonds is 3. The average molecular weight is 252 g/mol. The number of methoxy groups -OCH3 is 1. The molecule has 19 heavy (non-hydrogen) atoms. The summed E-state index contributed by atoms with van der Waals surface area (Å²) in [5.41, 5.74) is 4.55. The highest BCUT2D eigenvalue weighted by molar-refractivity contribution is 5.46. The van der Waals surface area contributed by atoms with Crippen LogP contribution in [0.15, 0.2) is 48.8 Å². The van der Waals surface area contributed by atoms with Crippen molar-refractivity contribution in [2.24, 2.45) is 0 Å². The molecule has 3 aromatic rings. The smallest absolute Gasteiger partial charge is 0.140 e. The lowest BCUT2D eigenvalue weighted by Crippen LogP contribution is -1.88. The Morgan fingerprint density at radius 3 is 2.89 bits per heavy atom. The summed E-state index contributed by atoms with van der Waals surface area (Å²) >= 11 is 0. The van der Waals surface area contributed by atoms with E-state index in [1.165, 1.54) is 11.1 Å². The molecule has 0 saturated heterocycles. The highest BCUT2D eigenvalue weighted by Gasteiger charge is 2.04. The number of ether oxygens (including phenoxy) is 1. The van der Waals surface area contributed by atoms with Crippen LogP contribution in [0.25, 0.3) is 5.65 Å². The molecule has 1 aromatic carbocycles. The van der Waals surface area contributed by atoms with Gasteiger partial charge in [0.15, 0.2) is 0 Å². The molecule has 0 fully saturated rings. The highest BCUT2D eigenvalue weighted by atomic mass is 16.5. The zero-order valence-electron chi connectivity index (χ0n) is 11.1. The van der Waals surface area contributed by atoms with E-state index in [4.69, 9.17) is 4.74 Å². The van der Waals surface area contributed by atoms with Gasteiger partial charge >= 0.3 is 0 Å². The van der Waals surface area contributed by atoms with Crippen molar-refractivity contribution in [3.63, 3.8) is 0 Å². The lowest BCUT2D eigenvalue weighted by atomic mass is 10.1. The van der Waals surface area contributed by atoms with Crippen molar-refractivity contribution in [3.8, 4) is 5.75 Å². The van der Waals surface area contributed by atoms with E-state index in [0.29, 0.717) is 0 Å². The van der Waals surface area contributed by atoms with Gasteiger partial charge in [0.1, 0.15) is 11.4 Å². The van der Waals surface area contributed by atoms with Crippen LogP contribution in [0.5, 0.6) is 5.75 Å². The van der Waals surface area contributed by atoms with Crippen molar-refractivity contribution in [1.29, 1.82) is 0 Å². The maximum absolute atomic E-state index is 5.21. The summed E-state index contributed by atoms with van der Waals surface area (Å²) < 4.78 is 7.23. The zero-order chi connectivity index (χ0) is 13.2. The summed E-state index contributed by atoms with van der Waals surface area (Å²) in [5.74, 6) is 0.834. The van der Waals surface area contributed by atoms with Gasteiger partial charge in [-0.3, -0.25) is 0 Å². The van der Waals surface area contributed by atoms with Gasteiger partial charge in [-0.2, -0.15) is 0 Å². The molecule has 0 amide bonds. The number of nitrogens with zero attached hydrogens (tertiary/aromatic N) is 2. The number of benzene rings is 1. The van der Waals surface area contributed by atoms with Gasteiger partial charge < -0.3 is 9.14 Å². The van der Waals surface area contributed by atoms with Crippen LogP contribution in [0.1, 0.15) is 16.8 Å². The minimum Gasteiger partial charge on any atom is -0.497 e. The molecular weight excluding hydrogens is 236 g/mol. The van der Waals surface area contributed by atoms with Crippen molar-refractivity contribution < 1.29 is 4.74 Å². The van der Waals surface area contributed by atoms with Crippen LogP contribution in [-0.2, 0) is 6.42 Å². The van der Waals surface area contributed by atoms with E-state index in [2.05, 4.69) is 42.4 Å². The highest BCUT2D eigenvalue weighted by Crippen LogP contribution is 2.16. The van der Waals surface area contributed by atoms with Gasteiger partial charge in [-0.25, -0.2) is 4.98 Å². The van der Waals surface area contributed by atoms with E-state index in [1.54, 1.807) is 7.11 Å². The quantitative estimate of drug-likeness (QED) is 0.715. The molecule has 0 N–H and O–H groups in total. The molecule has 0 spiro atoms. The second-order valence-corrected chi connectivity index (χ2v) is 4.73. The molecule has 2 heterocycles. The minimum atomic E-state index is 0.834. The predicted molar refractivity (Wildman–Crippen MR) is 75.7 cm³/mol. The average Bonchev–Trinajstić information content (AvgIpc) is 2.79. The SMILES string of the molecule is COc1ccn2cc(Cc3cccc(C)c3)nc2c1. The van der Waals surface area contributed by atoms with Crippen molar-refractivity contribution in [2.75, 3.05) is 7.11 Å². The first-order valence-corrected chi connectivity index (χ1v) is 6.32. The molecule has 0 saturated carbocycles. The van der Waals surface area contributed by atoms with Gasteiger partial charge in [0.2, 0.25) is 0 Å². The van der Waals surface area contributed by atoms with Crippen LogP contribution in [0.2, 0.25) is 0 Å². The molecule has 0 aliphatic carbocycles. The molecule has 3 rings (SSSR count). The van der Waals surface area contributed by atoms with Gasteiger partial charge in [-0.05, 0) is 18.6 Å². The molecule has 0 bridgehead atoms. The Hall–Kier alpha value is -2.29. The van der Waals surface area contributed by atoms with Crippen LogP contribution in [0.4, 0.5) is 0 Å². The fourth-order valence-corrected chi connectivity index (χ4v) is 2.26. The lowest BCUT2D eigenvalue weighted by Gasteiger charge is -1.99. The normalized spacial score (nSPS) is 10.8. The molecule has 96 valence electrons. The largest absolute Gasteiger partial charge is 0.497 e. The first-order chi connectivity index (χ1) is 9.24. The van der Waals surface area contributed by atoms with E-state index in [9.17, 15) is 0 Å². The third-order valence-corrected chi connectivity index (χ3v) is 3.18. The summed E-state index contributed by atoms with van der Waals surface area (Å²) in [4.78, 5) is 4.63. The Bertz CT molecular complexity index is 716. The van der Waals surface area contributed by atoms with E-state index in [1.807, 2.05) is 22.7 Å². The molecule has 3 heteroatoms. The summed E-state index contributed by atoms with van der Waals surface area (Å²) in [6, 6.07) is 12.4. The van der Waals surface area contributed by atoms with E-state index in [-0.39, 0.29) is 0 Å². The molecular formula is C16H16N2O. The Balaban J connectivity index is 1.93. The maximum atomic E-state index is 5.21. The lowest BCUT2D eigenvalue weighted by molar-refractivity contribution is 0.414. The molecule has 0 aliphatic rings. The Morgan fingerprint density at radius 1 is 1.21 bits per heavy atom. The molecule has 0 unspecified atom stereocenters. The number of hydrogen-bond acceptors (Lipinski definition) is 2. The number of imidazole rings is 1. The zero-order valence-corrected chi connectivity index (χ0v) is 11.1. The summed E-state index contributed by atoms with van der Waals surface area (Å²) in [7, 11) is 1.67. The van der Waals surface area contributed by atoms with Crippen molar-refractivity contribution in [3.05, 3.63) is 65.6 Å². The van der Waals surface area contributed by atoms with Crippen LogP contribution in [0.3, 0.4) is 0 Å². The molecule has 2 aromatic heterocycles. The number of pyridine rings is 1. The second-order valence-electron chi connectivity index (χ2n) is 4.73. The van der Waals surface area contributed by atoms with Gasteiger partial charge in [0.25, 0.3) is 0 Å². The summed E-state index contributed by atoms with van der Waals surface area (Å²) in [5, 5.41) is 0. The number of hydrogen-bond donors (Lipinski definition) is 0. The summed E-state index contributed by atoms with van der Waals surface area (Å²) in [6.45, 7) is 2.11. The maximum Gasteiger partial charge on any atom is 0.140 e. The fraction of sp³-hybridized carbons (Fsp3) is 0.188. The van der Waals surface area contributed by atoms with Crippen LogP contribution in [0, 0.1) is 6.92 Å². The minimum absolute atomic E-state index is 0.834. The second kappa shape index (κ2) is 4.76. The number of fused-ring (bicyclic) bond motifs is 1. The Morgan fingerprint density at radius 2 is 2.11 bits per heavy atom. The number of aromatic nitrogens is 2. The molecule has 0 radical (unpaired) electrons. The summed E-state index contributed by atoms with van der Waals surface area (Å²) in [6.07, 6.45) is 4.89. The van der Waals surface area contributed by atoms with Gasteiger partial charge in [-0.1, -0.05) is 29.8 Å². The van der Waals surface area contributed by atoms with Crippen molar-refractivity contribution in [2.45, 2.75) is 13.3 Å². The van der Waals surface area contributed by atoms with Crippen molar-refractivity contribution in [1.82, 2.24) is 9.38 Å². The van der Waals surface area contributed by atoms with E-state index < -0.39 is 0 Å². The van der Waals surface area contributed by atoms with Gasteiger partial charge in [0.05, 0.1) is 12.8 Å². The van der Waals surface area contributed by atoms with E-state index >= 15 is 0 Å².